The number of hydrogen-bond donors (Lipinski definition) is 2. The fourth-order valence-corrected chi connectivity index (χ4v) is 2.80. The van der Waals surface area contributed by atoms with Crippen LogP contribution in [0.2, 0.25) is 0 Å². The minimum absolute atomic E-state index is 0.00680. The van der Waals surface area contributed by atoms with Crippen molar-refractivity contribution in [3.05, 3.63) is 41.6 Å². The predicted octanol–water partition coefficient (Wildman–Crippen LogP) is 3.20. The number of nitrogens with one attached hydrogen (secondary N) is 1. The first kappa shape index (κ1) is 22.4. The van der Waals surface area contributed by atoms with Crippen molar-refractivity contribution in [2.75, 3.05) is 23.4 Å². The van der Waals surface area contributed by atoms with Crippen molar-refractivity contribution in [3.63, 3.8) is 0 Å². The van der Waals surface area contributed by atoms with Crippen molar-refractivity contribution < 1.29 is 19.1 Å². The molecule has 29 heavy (non-hydrogen) atoms. The number of hydrogen-bond acceptors (Lipinski definition) is 8. The van der Waals surface area contributed by atoms with Crippen LogP contribution in [0.3, 0.4) is 0 Å². The fourth-order valence-electron chi connectivity index (χ4n) is 2.09. The van der Waals surface area contributed by atoms with E-state index < -0.39 is 11.4 Å². The molecule has 0 aliphatic carbocycles. The number of esters is 1. The van der Waals surface area contributed by atoms with E-state index in [9.17, 15) is 14.4 Å². The number of nitrogens with two attached hydrogens (primary N) is 1. The average Bonchev–Trinajstić information content (AvgIpc) is 2.66. The van der Waals surface area contributed by atoms with Crippen LogP contribution in [0, 0.1) is 5.41 Å². The van der Waals surface area contributed by atoms with Crippen LogP contribution < -0.4 is 11.1 Å². The second-order valence-electron chi connectivity index (χ2n) is 7.17. The number of ketones is 1. The lowest BCUT2D eigenvalue weighted by atomic mass is 9.95. The van der Waals surface area contributed by atoms with Gasteiger partial charge in [0.05, 0.1) is 12.4 Å². The maximum Gasteiger partial charge on any atom is 0.343 e. The molecule has 3 N–H and O–H groups in total. The third kappa shape index (κ3) is 6.28. The van der Waals surface area contributed by atoms with Crippen LogP contribution in [0.5, 0.6) is 0 Å². The van der Waals surface area contributed by atoms with Crippen LogP contribution in [0.1, 0.15) is 48.4 Å². The minimum Gasteiger partial charge on any atom is -0.462 e. The molecule has 0 saturated carbocycles. The van der Waals surface area contributed by atoms with Gasteiger partial charge in [-0.1, -0.05) is 32.5 Å². The van der Waals surface area contributed by atoms with E-state index in [1.807, 2.05) is 20.8 Å². The van der Waals surface area contributed by atoms with Gasteiger partial charge in [0.2, 0.25) is 5.91 Å². The van der Waals surface area contributed by atoms with Crippen molar-refractivity contribution in [3.8, 4) is 0 Å². The molecule has 0 saturated heterocycles. The highest BCUT2D eigenvalue weighted by Gasteiger charge is 2.21. The van der Waals surface area contributed by atoms with Crippen LogP contribution >= 0.6 is 11.8 Å². The number of benzene rings is 1. The Labute approximate surface area is 173 Å². The summed E-state index contributed by atoms with van der Waals surface area (Å²) in [5, 5.41) is 3.10. The molecule has 8 nitrogen and oxygen atoms in total. The van der Waals surface area contributed by atoms with Crippen molar-refractivity contribution in [2.45, 2.75) is 32.9 Å². The Morgan fingerprint density at radius 1 is 1.17 bits per heavy atom. The largest absolute Gasteiger partial charge is 0.462 e. The molecule has 0 unspecified atom stereocenters. The number of aromatic nitrogens is 2. The molecule has 0 bridgehead atoms. The number of rotatable bonds is 7. The quantitative estimate of drug-likeness (QED) is 0.305. The van der Waals surface area contributed by atoms with Gasteiger partial charge >= 0.3 is 5.97 Å². The molecule has 0 aliphatic rings. The minimum atomic E-state index is -0.587. The predicted molar refractivity (Wildman–Crippen MR) is 112 cm³/mol. The van der Waals surface area contributed by atoms with Crippen LogP contribution in [0.15, 0.2) is 35.6 Å². The second-order valence-corrected chi connectivity index (χ2v) is 8.11. The van der Waals surface area contributed by atoms with E-state index in [4.69, 9.17) is 10.5 Å². The van der Waals surface area contributed by atoms with Gasteiger partial charge in [0.25, 0.3) is 0 Å². The van der Waals surface area contributed by atoms with Gasteiger partial charge in [0.1, 0.15) is 11.4 Å². The molecular weight excluding hydrogens is 392 g/mol. The Balaban J connectivity index is 1.96. The van der Waals surface area contributed by atoms with E-state index in [2.05, 4.69) is 15.3 Å². The van der Waals surface area contributed by atoms with Crippen LogP contribution in [0.4, 0.5) is 11.5 Å². The summed E-state index contributed by atoms with van der Waals surface area (Å²) in [6, 6.07) is 6.68. The molecule has 1 aromatic carbocycles. The summed E-state index contributed by atoms with van der Waals surface area (Å²) in [5.41, 5.74) is 6.49. The van der Waals surface area contributed by atoms with E-state index in [-0.39, 0.29) is 40.6 Å². The summed E-state index contributed by atoms with van der Waals surface area (Å²) in [6.07, 6.45) is 1.29. The monoisotopic (exact) mass is 416 g/mol. The third-order valence-corrected chi connectivity index (χ3v) is 4.63. The van der Waals surface area contributed by atoms with E-state index in [1.54, 1.807) is 31.2 Å². The maximum absolute atomic E-state index is 12.4. The molecule has 0 fully saturated rings. The van der Waals surface area contributed by atoms with Gasteiger partial charge in [-0.2, -0.15) is 0 Å². The highest BCUT2D eigenvalue weighted by molar-refractivity contribution is 7.99. The molecule has 154 valence electrons. The molecule has 2 aromatic rings. The van der Waals surface area contributed by atoms with Gasteiger partial charge in [-0.05, 0) is 31.2 Å². The number of amides is 1. The van der Waals surface area contributed by atoms with Gasteiger partial charge in [-0.25, -0.2) is 14.8 Å². The number of anilines is 2. The number of Topliss-reactive ketones (excluding diaryl/α,β-unsaturated/α-hetero) is 1. The van der Waals surface area contributed by atoms with Gasteiger partial charge in [0, 0.05) is 22.9 Å². The van der Waals surface area contributed by atoms with E-state index >= 15 is 0 Å². The summed E-state index contributed by atoms with van der Waals surface area (Å²) in [5.74, 6) is -0.705. The number of carbonyl (C=O) groups is 3. The van der Waals surface area contributed by atoms with Gasteiger partial charge in [-0.15, -0.1) is 0 Å². The molecule has 0 radical (unpaired) electrons. The Morgan fingerprint density at radius 2 is 1.83 bits per heavy atom. The molecule has 2 rings (SSSR count). The summed E-state index contributed by atoms with van der Waals surface area (Å²) in [6.45, 7) is 7.39. The lowest BCUT2D eigenvalue weighted by Crippen LogP contribution is -2.27. The van der Waals surface area contributed by atoms with Crippen LogP contribution in [-0.4, -0.2) is 40.0 Å². The standard InChI is InChI=1S/C20H24N4O4S/c1-5-28-17(26)14-10-22-19(24-16(14)21)29-11-15(25)12-6-8-13(9-7-12)23-18(27)20(2,3)4/h6-10H,5,11H2,1-4H3,(H,23,27)(H2,21,22,24). The zero-order valence-electron chi connectivity index (χ0n) is 16.8. The second kappa shape index (κ2) is 9.51. The summed E-state index contributed by atoms with van der Waals surface area (Å²) >= 11 is 1.12. The first-order valence-corrected chi connectivity index (χ1v) is 9.97. The molecular formula is C20H24N4O4S. The highest BCUT2D eigenvalue weighted by atomic mass is 32.2. The number of ether oxygens (including phenoxy) is 1. The molecule has 1 heterocycles. The van der Waals surface area contributed by atoms with Gasteiger partial charge in [-0.3, -0.25) is 9.59 Å². The Bertz CT molecular complexity index is 908. The molecule has 0 atom stereocenters. The molecule has 9 heteroatoms. The summed E-state index contributed by atoms with van der Waals surface area (Å²) in [4.78, 5) is 44.2. The molecule has 1 aromatic heterocycles. The van der Waals surface area contributed by atoms with Gasteiger partial charge < -0.3 is 15.8 Å². The summed E-state index contributed by atoms with van der Waals surface area (Å²) < 4.78 is 4.87. The van der Waals surface area contributed by atoms with E-state index in [0.29, 0.717) is 11.3 Å². The smallest absolute Gasteiger partial charge is 0.343 e. The van der Waals surface area contributed by atoms with E-state index in [1.165, 1.54) is 6.20 Å². The Morgan fingerprint density at radius 3 is 2.38 bits per heavy atom. The molecule has 1 amide bonds. The average molecular weight is 417 g/mol. The maximum atomic E-state index is 12.4. The van der Waals surface area contributed by atoms with Crippen LogP contribution in [-0.2, 0) is 9.53 Å². The van der Waals surface area contributed by atoms with Crippen molar-refractivity contribution in [1.29, 1.82) is 0 Å². The summed E-state index contributed by atoms with van der Waals surface area (Å²) in [7, 11) is 0. The number of carbonyl (C=O) groups excluding carboxylic acids is 3. The zero-order chi connectivity index (χ0) is 21.6. The highest BCUT2D eigenvalue weighted by Crippen LogP contribution is 2.20. The number of thioether (sulfide) groups is 1. The Kier molecular flexibility index (Phi) is 7.33. The van der Waals surface area contributed by atoms with Crippen LogP contribution in [0.25, 0.3) is 0 Å². The number of nitrogens with zero attached hydrogens (tertiary/aromatic N) is 2. The molecule has 0 spiro atoms. The topological polar surface area (TPSA) is 124 Å². The third-order valence-electron chi connectivity index (χ3n) is 3.77. The Hall–Kier alpha value is -2.94. The van der Waals surface area contributed by atoms with Crippen molar-refractivity contribution >= 4 is 40.9 Å². The van der Waals surface area contributed by atoms with Gasteiger partial charge in [0.15, 0.2) is 10.9 Å². The first-order chi connectivity index (χ1) is 13.6. The van der Waals surface area contributed by atoms with Crippen molar-refractivity contribution in [2.24, 2.45) is 5.41 Å². The van der Waals surface area contributed by atoms with E-state index in [0.717, 1.165) is 11.8 Å². The lowest BCUT2D eigenvalue weighted by molar-refractivity contribution is -0.123. The normalized spacial score (nSPS) is 11.0. The molecule has 0 aliphatic heterocycles. The first-order valence-electron chi connectivity index (χ1n) is 8.99. The SMILES string of the molecule is CCOC(=O)c1cnc(SCC(=O)c2ccc(NC(=O)C(C)(C)C)cc2)nc1N. The fraction of sp³-hybridized carbons (Fsp3) is 0.350. The van der Waals surface area contributed by atoms with Crippen molar-refractivity contribution in [1.82, 2.24) is 9.97 Å². The zero-order valence-corrected chi connectivity index (χ0v) is 17.6. The number of nitrogen functional groups attached to an aromatic ring is 1. The lowest BCUT2D eigenvalue weighted by Gasteiger charge is -2.17.